The summed E-state index contributed by atoms with van der Waals surface area (Å²) in [5.74, 6) is 0.503. The van der Waals surface area contributed by atoms with Crippen molar-refractivity contribution in [3.63, 3.8) is 0 Å². The van der Waals surface area contributed by atoms with Gasteiger partial charge in [-0.25, -0.2) is 0 Å². The summed E-state index contributed by atoms with van der Waals surface area (Å²) < 4.78 is 19.1. The lowest BCUT2D eigenvalue weighted by molar-refractivity contribution is -0.295. The smallest absolute Gasteiger partial charge is 0.185 e. The number of likely N-dealkylation sites (tertiary alicyclic amines) is 1. The largest absolute Gasteiger partial charge is 0.386 e. The number of Topliss-reactive ketones (excluding diaryl/α,β-unsaturated/α-hetero) is 2. The first-order valence-corrected chi connectivity index (χ1v) is 17.1. The number of ketones is 2. The molecule has 0 aromatic carbocycles. The van der Waals surface area contributed by atoms with Crippen molar-refractivity contribution in [2.75, 3.05) is 54.4 Å². The van der Waals surface area contributed by atoms with Crippen LogP contribution in [0, 0.1) is 29.1 Å². The Kier molecular flexibility index (Phi) is 13.1. The summed E-state index contributed by atoms with van der Waals surface area (Å²) in [6.07, 6.45) is 0.905. The molecule has 256 valence electrons. The van der Waals surface area contributed by atoms with Crippen LogP contribution in [0.25, 0.3) is 0 Å². The van der Waals surface area contributed by atoms with Gasteiger partial charge in [0.2, 0.25) is 0 Å². The Morgan fingerprint density at radius 3 is 2.34 bits per heavy atom. The summed E-state index contributed by atoms with van der Waals surface area (Å²) in [6, 6.07) is 0.117. The van der Waals surface area contributed by atoms with Gasteiger partial charge in [-0.1, -0.05) is 27.7 Å². The number of nitrogens with zero attached hydrogens (tertiary/aromatic N) is 3. The van der Waals surface area contributed by atoms with Crippen LogP contribution in [0.3, 0.4) is 0 Å². The van der Waals surface area contributed by atoms with E-state index in [1.807, 2.05) is 39.8 Å². The van der Waals surface area contributed by atoms with E-state index in [4.69, 9.17) is 14.2 Å². The predicted octanol–water partition coefficient (Wildman–Crippen LogP) is 4.10. The number of ether oxygens (including phenoxy) is 3. The van der Waals surface area contributed by atoms with Gasteiger partial charge in [-0.15, -0.1) is 0 Å². The number of carbonyl (C=O) groups is 2. The standard InChI is InChI=1S/C35H65N3O6/c1-22(2)19-38-16-15-26(21-38)27-13-14-29(39)34(6,7)31(41)25(5)32(35(8,42-12)18-23(3)20-37(27)11)44-33-30(40)28(36(9)10)17-24(4)43-33/h22-28,30,32-33,40H,13-21H2,1-12H3/t23-,24-,25+,26-,27+,28+,30-,32-,33+,35-/m1/s1. The van der Waals surface area contributed by atoms with Crippen molar-refractivity contribution >= 4 is 11.6 Å². The molecule has 10 atom stereocenters. The lowest BCUT2D eigenvalue weighted by Gasteiger charge is -2.47. The van der Waals surface area contributed by atoms with E-state index in [1.165, 1.54) is 0 Å². The second-order valence-corrected chi connectivity index (χ2v) is 15.9. The molecule has 0 spiro atoms. The second-order valence-electron chi connectivity index (χ2n) is 15.9. The zero-order chi connectivity index (χ0) is 33.1. The molecule has 3 fully saturated rings. The zero-order valence-electron chi connectivity index (χ0n) is 30.0. The van der Waals surface area contributed by atoms with E-state index < -0.39 is 35.4 Å². The van der Waals surface area contributed by atoms with Crippen LogP contribution in [0.4, 0.5) is 0 Å². The van der Waals surface area contributed by atoms with Crippen molar-refractivity contribution in [3.8, 4) is 0 Å². The Morgan fingerprint density at radius 2 is 1.75 bits per heavy atom. The van der Waals surface area contributed by atoms with Crippen LogP contribution in [0.15, 0.2) is 0 Å². The molecule has 0 bridgehead atoms. The quantitative estimate of drug-likeness (QED) is 0.421. The third-order valence-corrected chi connectivity index (χ3v) is 10.9. The van der Waals surface area contributed by atoms with Gasteiger partial charge in [0.25, 0.3) is 0 Å². The number of carbonyl (C=O) groups excluding carboxylic acids is 2. The van der Waals surface area contributed by atoms with Crippen molar-refractivity contribution in [2.45, 2.75) is 130 Å². The minimum atomic E-state index is -1.18. The molecule has 0 aromatic rings. The maximum absolute atomic E-state index is 14.3. The molecule has 9 heteroatoms. The topological polar surface area (TPSA) is 91.8 Å². The van der Waals surface area contributed by atoms with Crippen LogP contribution >= 0.6 is 0 Å². The third-order valence-electron chi connectivity index (χ3n) is 10.9. The predicted molar refractivity (Wildman–Crippen MR) is 174 cm³/mol. The minimum absolute atomic E-state index is 0.0230. The maximum atomic E-state index is 14.3. The molecule has 44 heavy (non-hydrogen) atoms. The van der Waals surface area contributed by atoms with E-state index in [1.54, 1.807) is 21.0 Å². The number of likely N-dealkylation sites (N-methyl/N-ethyl adjacent to an activating group) is 1. The fraction of sp³-hybridized carbons (Fsp3) is 0.943. The first-order chi connectivity index (χ1) is 20.4. The molecule has 0 radical (unpaired) electrons. The lowest BCUT2D eigenvalue weighted by Crippen LogP contribution is -2.59. The lowest BCUT2D eigenvalue weighted by atomic mass is 9.72. The Morgan fingerprint density at radius 1 is 1.09 bits per heavy atom. The number of aliphatic hydroxyl groups excluding tert-OH is 1. The average molecular weight is 624 g/mol. The SMILES string of the molecule is CO[C@]1(C)C[C@@H](C)CN(C)[C@H]([C@@H]2CCN(CC(C)C)C2)CCC(=O)C(C)(C)C(=O)[C@H](C)[C@H]1O[C@@H]1O[C@H](C)C[C@H](N(C)C)[C@H]1O. The van der Waals surface area contributed by atoms with Crippen molar-refractivity contribution < 1.29 is 28.9 Å². The van der Waals surface area contributed by atoms with Crippen molar-refractivity contribution in [2.24, 2.45) is 29.1 Å². The summed E-state index contributed by atoms with van der Waals surface area (Å²) in [7, 11) is 7.76. The van der Waals surface area contributed by atoms with Gasteiger partial charge >= 0.3 is 0 Å². The molecule has 1 N–H and O–H groups in total. The van der Waals surface area contributed by atoms with Crippen LogP contribution in [-0.2, 0) is 23.8 Å². The van der Waals surface area contributed by atoms with Crippen molar-refractivity contribution in [3.05, 3.63) is 0 Å². The summed E-state index contributed by atoms with van der Waals surface area (Å²) in [4.78, 5) is 35.2. The van der Waals surface area contributed by atoms with Crippen LogP contribution in [0.2, 0.25) is 0 Å². The summed E-state index contributed by atoms with van der Waals surface area (Å²) in [5, 5.41) is 11.3. The Bertz CT molecular complexity index is 959. The van der Waals surface area contributed by atoms with Crippen molar-refractivity contribution in [1.29, 1.82) is 0 Å². The van der Waals surface area contributed by atoms with Gasteiger partial charge < -0.3 is 34.0 Å². The maximum Gasteiger partial charge on any atom is 0.185 e. The molecule has 3 aliphatic rings. The highest BCUT2D eigenvalue weighted by Gasteiger charge is 2.51. The van der Waals surface area contributed by atoms with Gasteiger partial charge in [0.15, 0.2) is 12.1 Å². The van der Waals surface area contributed by atoms with Crippen LogP contribution in [0.5, 0.6) is 0 Å². The van der Waals surface area contributed by atoms with Gasteiger partial charge in [0.05, 0.1) is 23.2 Å². The van der Waals surface area contributed by atoms with Gasteiger partial charge in [0, 0.05) is 51.2 Å². The molecule has 3 aliphatic heterocycles. The molecular formula is C35H65N3O6. The van der Waals surface area contributed by atoms with E-state index in [0.29, 0.717) is 31.1 Å². The second kappa shape index (κ2) is 15.3. The number of rotatable bonds is 7. The fourth-order valence-corrected chi connectivity index (χ4v) is 8.40. The molecule has 9 nitrogen and oxygen atoms in total. The highest BCUT2D eigenvalue weighted by Crippen LogP contribution is 2.39. The molecule has 3 saturated heterocycles. The van der Waals surface area contributed by atoms with Gasteiger partial charge in [-0.2, -0.15) is 0 Å². The minimum Gasteiger partial charge on any atom is -0.386 e. The van der Waals surface area contributed by atoms with Crippen LogP contribution < -0.4 is 0 Å². The van der Waals surface area contributed by atoms with Gasteiger partial charge in [0.1, 0.15) is 11.9 Å². The molecule has 0 unspecified atom stereocenters. The first-order valence-electron chi connectivity index (χ1n) is 17.1. The molecule has 0 amide bonds. The molecular weight excluding hydrogens is 558 g/mol. The molecule has 0 aliphatic carbocycles. The number of methoxy groups -OCH3 is 1. The summed E-state index contributed by atoms with van der Waals surface area (Å²) in [5.41, 5.74) is -2.04. The Hall–Kier alpha value is -0.940. The van der Waals surface area contributed by atoms with E-state index in [-0.39, 0.29) is 35.7 Å². The highest BCUT2D eigenvalue weighted by molar-refractivity contribution is 6.07. The molecule has 3 rings (SSSR count). The zero-order valence-corrected chi connectivity index (χ0v) is 30.0. The van der Waals surface area contributed by atoms with Crippen molar-refractivity contribution in [1.82, 2.24) is 14.7 Å². The van der Waals surface area contributed by atoms with E-state index >= 15 is 0 Å². The molecule has 0 aromatic heterocycles. The monoisotopic (exact) mass is 623 g/mol. The van der Waals surface area contributed by atoms with Crippen LogP contribution in [-0.4, -0.2) is 128 Å². The number of hydrogen-bond acceptors (Lipinski definition) is 9. The molecule has 0 saturated carbocycles. The first kappa shape index (κ1) is 37.5. The summed E-state index contributed by atoms with van der Waals surface area (Å²) >= 11 is 0. The fourth-order valence-electron chi connectivity index (χ4n) is 8.40. The average Bonchev–Trinajstić information content (AvgIpc) is 3.38. The number of aliphatic hydroxyl groups is 1. The highest BCUT2D eigenvalue weighted by atomic mass is 16.7. The van der Waals surface area contributed by atoms with Gasteiger partial charge in [-0.3, -0.25) is 9.59 Å². The third kappa shape index (κ3) is 8.69. The van der Waals surface area contributed by atoms with E-state index in [0.717, 1.165) is 39.0 Å². The summed E-state index contributed by atoms with van der Waals surface area (Å²) in [6.45, 7) is 20.2. The molecule has 3 heterocycles. The van der Waals surface area contributed by atoms with Crippen LogP contribution in [0.1, 0.15) is 87.5 Å². The Balaban J connectivity index is 1.96. The number of hydrogen-bond donors (Lipinski definition) is 1. The van der Waals surface area contributed by atoms with E-state index in [9.17, 15) is 14.7 Å². The normalized spacial score (nSPS) is 40.7. The Labute approximate surface area is 268 Å². The van der Waals surface area contributed by atoms with Gasteiger partial charge in [-0.05, 0) is 98.8 Å². The van der Waals surface area contributed by atoms with E-state index in [2.05, 4.69) is 37.6 Å².